The lowest BCUT2D eigenvalue weighted by Crippen LogP contribution is -2.50. The molecule has 2 aromatic carbocycles. The first-order valence-electron chi connectivity index (χ1n) is 11.8. The smallest absolute Gasteiger partial charge is 0.415 e. The third-order valence-corrected chi connectivity index (χ3v) is 7.43. The molecule has 3 saturated heterocycles. The van der Waals surface area contributed by atoms with E-state index in [0.29, 0.717) is 76.2 Å². The van der Waals surface area contributed by atoms with E-state index in [2.05, 4.69) is 0 Å². The second kappa shape index (κ2) is 8.98. The number of likely N-dealkylation sites (tertiary alicyclic amines) is 1. The Morgan fingerprint density at radius 2 is 1.68 bits per heavy atom. The van der Waals surface area contributed by atoms with E-state index in [1.54, 1.807) is 18.2 Å². The molecule has 1 unspecified atom stereocenters. The molecule has 2 amide bonds. The molecule has 5 rings (SSSR count). The van der Waals surface area contributed by atoms with Gasteiger partial charge >= 0.3 is 6.09 Å². The third-order valence-electron chi connectivity index (χ3n) is 7.43. The van der Waals surface area contributed by atoms with E-state index in [-0.39, 0.29) is 17.5 Å². The number of hydrogen-bond donors (Lipinski definition) is 0. The fraction of sp³-hybridized carbons (Fsp3) is 0.462. The van der Waals surface area contributed by atoms with Crippen LogP contribution in [0, 0.1) is 11.6 Å². The van der Waals surface area contributed by atoms with Gasteiger partial charge in [-0.2, -0.15) is 0 Å². The molecule has 3 heterocycles. The van der Waals surface area contributed by atoms with E-state index in [9.17, 15) is 18.4 Å². The molecular weight excluding hydrogens is 442 g/mol. The highest BCUT2D eigenvalue weighted by Crippen LogP contribution is 2.40. The number of rotatable bonds is 3. The second-order valence-corrected chi connectivity index (χ2v) is 9.46. The highest BCUT2D eigenvalue weighted by molar-refractivity contribution is 5.90. The number of nitrogens with zero attached hydrogens (tertiary/aromatic N) is 2. The van der Waals surface area contributed by atoms with Gasteiger partial charge < -0.3 is 14.4 Å². The van der Waals surface area contributed by atoms with Gasteiger partial charge in [0.2, 0.25) is 5.91 Å². The molecule has 0 saturated carbocycles. The predicted molar refractivity (Wildman–Crippen MR) is 122 cm³/mol. The summed E-state index contributed by atoms with van der Waals surface area (Å²) in [4.78, 5) is 30.0. The van der Waals surface area contributed by atoms with Crippen molar-refractivity contribution in [3.63, 3.8) is 0 Å². The van der Waals surface area contributed by atoms with Crippen LogP contribution in [0.15, 0.2) is 48.5 Å². The summed E-state index contributed by atoms with van der Waals surface area (Å²) in [6.45, 7) is 2.25. The number of hydrogen-bond acceptors (Lipinski definition) is 4. The lowest BCUT2D eigenvalue weighted by Gasteiger charge is -2.40. The van der Waals surface area contributed by atoms with Gasteiger partial charge in [0, 0.05) is 38.4 Å². The molecule has 2 aromatic rings. The summed E-state index contributed by atoms with van der Waals surface area (Å²) in [5.74, 6) is -0.738. The van der Waals surface area contributed by atoms with Crippen LogP contribution in [0.1, 0.15) is 37.7 Å². The summed E-state index contributed by atoms with van der Waals surface area (Å²) in [5, 5.41) is 0. The van der Waals surface area contributed by atoms with Crippen LogP contribution >= 0.6 is 0 Å². The Labute approximate surface area is 197 Å². The molecule has 0 bridgehead atoms. The average Bonchev–Trinajstić information content (AvgIpc) is 3.03. The van der Waals surface area contributed by atoms with E-state index < -0.39 is 17.1 Å². The number of ether oxygens (including phenoxy) is 2. The van der Waals surface area contributed by atoms with Crippen molar-refractivity contribution in [2.24, 2.45) is 0 Å². The zero-order valence-corrected chi connectivity index (χ0v) is 19.0. The molecule has 1 spiro atoms. The monoisotopic (exact) mass is 470 g/mol. The van der Waals surface area contributed by atoms with Crippen LogP contribution in [0.4, 0.5) is 19.3 Å². The number of amides is 2. The highest BCUT2D eigenvalue weighted by atomic mass is 19.1. The molecule has 1 atom stereocenters. The third kappa shape index (κ3) is 4.15. The van der Waals surface area contributed by atoms with Crippen molar-refractivity contribution >= 4 is 17.7 Å². The van der Waals surface area contributed by atoms with Gasteiger partial charge in [-0.3, -0.25) is 9.69 Å². The summed E-state index contributed by atoms with van der Waals surface area (Å²) >= 11 is 0. The van der Waals surface area contributed by atoms with Crippen LogP contribution in [0.2, 0.25) is 0 Å². The fourth-order valence-electron chi connectivity index (χ4n) is 5.51. The number of carbonyl (C=O) groups excluding carboxylic acids is 2. The van der Waals surface area contributed by atoms with E-state index in [1.165, 1.54) is 29.2 Å². The fourth-order valence-corrected chi connectivity index (χ4v) is 5.51. The van der Waals surface area contributed by atoms with Gasteiger partial charge in [-0.05, 0) is 67.6 Å². The maximum absolute atomic E-state index is 14.1. The molecule has 0 aliphatic carbocycles. The lowest BCUT2D eigenvalue weighted by molar-refractivity contribution is -0.141. The van der Waals surface area contributed by atoms with E-state index >= 15 is 0 Å². The number of halogens is 2. The van der Waals surface area contributed by atoms with Crippen molar-refractivity contribution in [2.75, 3.05) is 37.7 Å². The van der Waals surface area contributed by atoms with E-state index in [4.69, 9.17) is 9.47 Å². The number of benzene rings is 2. The summed E-state index contributed by atoms with van der Waals surface area (Å²) in [7, 11) is 0. The Hall–Kier alpha value is -3.00. The highest BCUT2D eigenvalue weighted by Gasteiger charge is 2.49. The van der Waals surface area contributed by atoms with Gasteiger partial charge in [0.1, 0.15) is 17.2 Å². The summed E-state index contributed by atoms with van der Waals surface area (Å²) in [6.07, 6.45) is 2.39. The topological polar surface area (TPSA) is 59.1 Å². The largest absolute Gasteiger partial charge is 0.441 e. The van der Waals surface area contributed by atoms with Gasteiger partial charge in [-0.25, -0.2) is 13.6 Å². The molecule has 180 valence electrons. The molecule has 3 aliphatic heterocycles. The Kier molecular flexibility index (Phi) is 6.02. The van der Waals surface area contributed by atoms with Gasteiger partial charge in [0.05, 0.1) is 12.0 Å². The first-order chi connectivity index (χ1) is 16.4. The lowest BCUT2D eigenvalue weighted by atomic mass is 9.73. The quantitative estimate of drug-likeness (QED) is 0.667. The Balaban J connectivity index is 1.34. The van der Waals surface area contributed by atoms with Crippen molar-refractivity contribution in [1.82, 2.24) is 4.90 Å². The zero-order chi connectivity index (χ0) is 23.8. The molecular formula is C26H28F2N2O4. The molecule has 3 fully saturated rings. The minimum absolute atomic E-state index is 0.0156. The van der Waals surface area contributed by atoms with Crippen LogP contribution in [0.25, 0.3) is 0 Å². The first-order valence-corrected chi connectivity index (χ1v) is 11.8. The van der Waals surface area contributed by atoms with Gasteiger partial charge in [0.15, 0.2) is 0 Å². The predicted octanol–water partition coefficient (Wildman–Crippen LogP) is 4.42. The standard InChI is InChI=1S/C26H28F2N2O4/c27-20-5-7-22(8-6-20)30-18-25(34-24(30)32)9-2-13-29(14-10-25)23(31)26(11-15-33-16-12-26)19-3-1-4-21(28)17-19/h1,3-8,17H,2,9-16,18H2. The maximum atomic E-state index is 14.1. The van der Waals surface area contributed by atoms with Crippen LogP contribution in [0.5, 0.6) is 0 Å². The normalized spacial score (nSPS) is 24.7. The van der Waals surface area contributed by atoms with E-state index in [1.807, 2.05) is 11.0 Å². The Bertz CT molecular complexity index is 1070. The van der Waals surface area contributed by atoms with Crippen LogP contribution in [-0.4, -0.2) is 55.3 Å². The Morgan fingerprint density at radius 3 is 2.41 bits per heavy atom. The van der Waals surface area contributed by atoms with Crippen LogP contribution in [0.3, 0.4) is 0 Å². The van der Waals surface area contributed by atoms with Crippen molar-refractivity contribution in [3.8, 4) is 0 Å². The van der Waals surface area contributed by atoms with Crippen molar-refractivity contribution in [3.05, 3.63) is 65.7 Å². The molecule has 34 heavy (non-hydrogen) atoms. The van der Waals surface area contributed by atoms with Gasteiger partial charge in [0.25, 0.3) is 0 Å². The summed E-state index contributed by atoms with van der Waals surface area (Å²) in [6, 6.07) is 12.1. The SMILES string of the molecule is O=C1OC2(CCCN(C(=O)C3(c4cccc(F)c4)CCOCC3)CC2)CN1c1ccc(F)cc1. The zero-order valence-electron chi connectivity index (χ0n) is 19.0. The van der Waals surface area contributed by atoms with Crippen molar-refractivity contribution in [2.45, 2.75) is 43.1 Å². The summed E-state index contributed by atoms with van der Waals surface area (Å²) < 4.78 is 38.8. The average molecular weight is 471 g/mol. The molecule has 3 aliphatic rings. The van der Waals surface area contributed by atoms with Gasteiger partial charge in [-0.1, -0.05) is 12.1 Å². The van der Waals surface area contributed by atoms with Crippen molar-refractivity contribution < 1.29 is 27.8 Å². The van der Waals surface area contributed by atoms with Crippen molar-refractivity contribution in [1.29, 1.82) is 0 Å². The molecule has 8 heteroatoms. The summed E-state index contributed by atoms with van der Waals surface area (Å²) in [5.41, 5.74) is -0.228. The van der Waals surface area contributed by atoms with E-state index in [0.717, 1.165) is 0 Å². The number of anilines is 1. The molecule has 0 radical (unpaired) electrons. The second-order valence-electron chi connectivity index (χ2n) is 9.46. The minimum atomic E-state index is -0.815. The Morgan fingerprint density at radius 1 is 0.912 bits per heavy atom. The number of carbonyl (C=O) groups is 2. The molecule has 6 nitrogen and oxygen atoms in total. The minimum Gasteiger partial charge on any atom is -0.441 e. The molecule has 0 aromatic heterocycles. The van der Waals surface area contributed by atoms with Gasteiger partial charge in [-0.15, -0.1) is 0 Å². The maximum Gasteiger partial charge on any atom is 0.415 e. The molecule has 0 N–H and O–H groups in total. The van der Waals surface area contributed by atoms with Crippen LogP contribution in [-0.2, 0) is 19.7 Å². The first kappa shape index (κ1) is 22.8. The van der Waals surface area contributed by atoms with Crippen LogP contribution < -0.4 is 4.90 Å².